The molecule has 0 spiro atoms. The average Bonchev–Trinajstić information content (AvgIpc) is 2.99. The Morgan fingerprint density at radius 1 is 1.47 bits per heavy atom. The Hall–Kier alpha value is -1.22. The average molecular weight is 207 g/mol. The number of nitrogens with two attached hydrogens (primary N) is 1. The van der Waals surface area contributed by atoms with Crippen LogP contribution < -0.4 is 10.5 Å². The maximum atomic E-state index is 9.91. The summed E-state index contributed by atoms with van der Waals surface area (Å²) in [5, 5.41) is 9.91. The molecule has 0 aliphatic heterocycles. The van der Waals surface area contributed by atoms with Gasteiger partial charge in [0, 0.05) is 17.5 Å². The summed E-state index contributed by atoms with van der Waals surface area (Å²) in [7, 11) is 1.64. The van der Waals surface area contributed by atoms with Crippen molar-refractivity contribution < 1.29 is 9.84 Å². The summed E-state index contributed by atoms with van der Waals surface area (Å²) in [6.07, 6.45) is 2.12. The molecule has 3 heteroatoms. The molecule has 1 aromatic carbocycles. The van der Waals surface area contributed by atoms with Gasteiger partial charge in [-0.2, -0.15) is 0 Å². The van der Waals surface area contributed by atoms with Crippen LogP contribution in [0.3, 0.4) is 0 Å². The van der Waals surface area contributed by atoms with E-state index in [1.54, 1.807) is 13.2 Å². The van der Waals surface area contributed by atoms with Crippen LogP contribution in [0.25, 0.3) is 0 Å². The maximum absolute atomic E-state index is 9.91. The lowest BCUT2D eigenvalue weighted by Crippen LogP contribution is -2.19. The van der Waals surface area contributed by atoms with E-state index in [0.717, 1.165) is 29.7 Å². The van der Waals surface area contributed by atoms with Crippen LogP contribution in [-0.2, 0) is 5.41 Å². The molecular formula is C12H17NO2. The molecule has 0 heterocycles. The summed E-state index contributed by atoms with van der Waals surface area (Å²) in [6, 6.07) is 3.68. The van der Waals surface area contributed by atoms with E-state index in [2.05, 4.69) is 0 Å². The van der Waals surface area contributed by atoms with Crippen molar-refractivity contribution in [3.63, 3.8) is 0 Å². The first kappa shape index (κ1) is 10.3. The topological polar surface area (TPSA) is 55.5 Å². The fourth-order valence-electron chi connectivity index (χ4n) is 2.05. The zero-order chi connectivity index (χ0) is 11.1. The zero-order valence-electron chi connectivity index (χ0n) is 9.21. The Morgan fingerprint density at radius 3 is 2.60 bits per heavy atom. The first-order chi connectivity index (χ1) is 7.13. The molecule has 1 aliphatic carbocycles. The van der Waals surface area contributed by atoms with Crippen LogP contribution >= 0.6 is 0 Å². The Balaban J connectivity index is 2.47. The van der Waals surface area contributed by atoms with Gasteiger partial charge in [0.05, 0.1) is 7.11 Å². The minimum Gasteiger partial charge on any atom is -0.508 e. The Kier molecular flexibility index (Phi) is 2.35. The maximum Gasteiger partial charge on any atom is 0.122 e. The number of phenolic OH excluding ortho intramolecular Hbond substituents is 1. The van der Waals surface area contributed by atoms with Gasteiger partial charge in [0.2, 0.25) is 0 Å². The third-order valence-corrected chi connectivity index (χ3v) is 3.33. The number of hydrogen-bond donors (Lipinski definition) is 2. The van der Waals surface area contributed by atoms with Gasteiger partial charge in [-0.3, -0.25) is 0 Å². The minimum absolute atomic E-state index is 0.00502. The van der Waals surface area contributed by atoms with Crippen molar-refractivity contribution in [3.8, 4) is 11.5 Å². The van der Waals surface area contributed by atoms with Crippen LogP contribution in [-0.4, -0.2) is 18.8 Å². The molecule has 0 unspecified atom stereocenters. The number of ether oxygens (including phenoxy) is 1. The highest BCUT2D eigenvalue weighted by Gasteiger charge is 2.44. The van der Waals surface area contributed by atoms with Crippen molar-refractivity contribution in [1.82, 2.24) is 0 Å². The number of aryl methyl sites for hydroxylation is 1. The van der Waals surface area contributed by atoms with Crippen LogP contribution in [0.5, 0.6) is 11.5 Å². The first-order valence-corrected chi connectivity index (χ1v) is 5.21. The molecule has 3 N–H and O–H groups in total. The molecule has 1 saturated carbocycles. The fourth-order valence-corrected chi connectivity index (χ4v) is 2.05. The van der Waals surface area contributed by atoms with Gasteiger partial charge in [-0.1, -0.05) is 0 Å². The molecule has 0 radical (unpaired) electrons. The Morgan fingerprint density at radius 2 is 2.13 bits per heavy atom. The molecule has 0 saturated heterocycles. The largest absolute Gasteiger partial charge is 0.508 e. The van der Waals surface area contributed by atoms with Gasteiger partial charge in [-0.05, 0) is 37.5 Å². The summed E-state index contributed by atoms with van der Waals surface area (Å²) in [5.41, 5.74) is 7.64. The summed E-state index contributed by atoms with van der Waals surface area (Å²) in [4.78, 5) is 0. The molecule has 1 fully saturated rings. The highest BCUT2D eigenvalue weighted by atomic mass is 16.5. The molecule has 0 aromatic heterocycles. The monoisotopic (exact) mass is 207 g/mol. The lowest BCUT2D eigenvalue weighted by Gasteiger charge is -2.17. The molecule has 3 nitrogen and oxygen atoms in total. The predicted octanol–water partition coefficient (Wildman–Crippen LogP) is 1.70. The van der Waals surface area contributed by atoms with Crippen molar-refractivity contribution in [2.75, 3.05) is 13.7 Å². The molecule has 82 valence electrons. The normalized spacial score (nSPS) is 17.5. The molecule has 0 amide bonds. The van der Waals surface area contributed by atoms with Crippen LogP contribution in [0.15, 0.2) is 12.1 Å². The highest BCUT2D eigenvalue weighted by Crippen LogP contribution is 2.51. The number of methoxy groups -OCH3 is 1. The lowest BCUT2D eigenvalue weighted by atomic mass is 9.93. The third kappa shape index (κ3) is 1.57. The lowest BCUT2D eigenvalue weighted by molar-refractivity contribution is 0.405. The smallest absolute Gasteiger partial charge is 0.122 e. The molecule has 15 heavy (non-hydrogen) atoms. The van der Waals surface area contributed by atoms with E-state index in [0.29, 0.717) is 12.3 Å². The SMILES string of the molecule is COc1cc(C2(CN)CC2)c(O)cc1C. The van der Waals surface area contributed by atoms with Gasteiger partial charge in [0.15, 0.2) is 0 Å². The number of phenols is 1. The van der Waals surface area contributed by atoms with E-state index in [9.17, 15) is 5.11 Å². The fraction of sp³-hybridized carbons (Fsp3) is 0.500. The number of aromatic hydroxyl groups is 1. The minimum atomic E-state index is 0.00502. The summed E-state index contributed by atoms with van der Waals surface area (Å²) >= 11 is 0. The van der Waals surface area contributed by atoms with Crippen molar-refractivity contribution in [2.24, 2.45) is 5.73 Å². The quantitative estimate of drug-likeness (QED) is 0.793. The van der Waals surface area contributed by atoms with Gasteiger partial charge in [0.25, 0.3) is 0 Å². The van der Waals surface area contributed by atoms with E-state index in [4.69, 9.17) is 10.5 Å². The highest BCUT2D eigenvalue weighted by molar-refractivity contribution is 5.50. The number of benzene rings is 1. The van der Waals surface area contributed by atoms with Crippen molar-refractivity contribution in [3.05, 3.63) is 23.3 Å². The van der Waals surface area contributed by atoms with Gasteiger partial charge in [0.1, 0.15) is 11.5 Å². The van der Waals surface area contributed by atoms with Crippen LogP contribution in [0.1, 0.15) is 24.0 Å². The summed E-state index contributed by atoms with van der Waals surface area (Å²) in [5.74, 6) is 1.17. The summed E-state index contributed by atoms with van der Waals surface area (Å²) < 4.78 is 5.26. The zero-order valence-corrected chi connectivity index (χ0v) is 9.21. The van der Waals surface area contributed by atoms with Crippen molar-refractivity contribution >= 4 is 0 Å². The van der Waals surface area contributed by atoms with Crippen molar-refractivity contribution in [1.29, 1.82) is 0 Å². The van der Waals surface area contributed by atoms with E-state index in [-0.39, 0.29) is 5.41 Å². The second kappa shape index (κ2) is 3.42. The predicted molar refractivity (Wildman–Crippen MR) is 59.4 cm³/mol. The summed E-state index contributed by atoms with van der Waals surface area (Å²) in [6.45, 7) is 2.51. The number of hydrogen-bond acceptors (Lipinski definition) is 3. The third-order valence-electron chi connectivity index (χ3n) is 3.33. The van der Waals surface area contributed by atoms with E-state index in [1.165, 1.54) is 0 Å². The van der Waals surface area contributed by atoms with Crippen molar-refractivity contribution in [2.45, 2.75) is 25.2 Å². The molecule has 2 rings (SSSR count). The molecular weight excluding hydrogens is 190 g/mol. The van der Waals surface area contributed by atoms with Gasteiger partial charge < -0.3 is 15.6 Å². The van der Waals surface area contributed by atoms with E-state index in [1.807, 2.05) is 13.0 Å². The van der Waals surface area contributed by atoms with E-state index < -0.39 is 0 Å². The van der Waals surface area contributed by atoms with Crippen LogP contribution in [0.4, 0.5) is 0 Å². The molecule has 0 atom stereocenters. The first-order valence-electron chi connectivity index (χ1n) is 5.21. The van der Waals surface area contributed by atoms with Gasteiger partial charge in [-0.25, -0.2) is 0 Å². The van der Waals surface area contributed by atoms with Gasteiger partial charge >= 0.3 is 0 Å². The van der Waals surface area contributed by atoms with Gasteiger partial charge in [-0.15, -0.1) is 0 Å². The number of rotatable bonds is 3. The molecule has 1 aromatic rings. The van der Waals surface area contributed by atoms with Crippen LogP contribution in [0, 0.1) is 6.92 Å². The second-order valence-corrected chi connectivity index (χ2v) is 4.32. The Bertz CT molecular complexity index is 383. The standard InChI is InChI=1S/C12H17NO2/c1-8-5-10(14)9(6-11(8)15-2)12(7-13)3-4-12/h5-6,14H,3-4,7,13H2,1-2H3. The van der Waals surface area contributed by atoms with E-state index >= 15 is 0 Å². The second-order valence-electron chi connectivity index (χ2n) is 4.32. The molecule has 0 bridgehead atoms. The van der Waals surface area contributed by atoms with Crippen LogP contribution in [0.2, 0.25) is 0 Å². The Labute approximate surface area is 89.9 Å². The molecule has 1 aliphatic rings.